The highest BCUT2D eigenvalue weighted by Crippen LogP contribution is 2.35. The normalized spacial score (nSPS) is 12.1. The van der Waals surface area contributed by atoms with Crippen molar-refractivity contribution in [3.63, 3.8) is 0 Å². The second kappa shape index (κ2) is 6.90. The lowest BCUT2D eigenvalue weighted by atomic mass is 10.3. The average molecular weight is 389 g/mol. The van der Waals surface area contributed by atoms with Crippen LogP contribution in [0, 0.1) is 6.92 Å². The van der Waals surface area contributed by atoms with Gasteiger partial charge in [-0.05, 0) is 31.2 Å². The van der Waals surface area contributed by atoms with E-state index in [1.807, 2.05) is 31.2 Å². The Morgan fingerprint density at radius 3 is 2.50 bits per heavy atom. The number of rotatable bonds is 4. The smallest absolute Gasteiger partial charge is 0.231 e. The summed E-state index contributed by atoms with van der Waals surface area (Å²) >= 11 is 12.4. The van der Waals surface area contributed by atoms with E-state index in [-0.39, 0.29) is 6.79 Å². The molecule has 0 spiro atoms. The number of halogens is 2. The van der Waals surface area contributed by atoms with E-state index in [0.29, 0.717) is 33.2 Å². The summed E-state index contributed by atoms with van der Waals surface area (Å²) in [6.45, 7) is 2.11. The van der Waals surface area contributed by atoms with E-state index in [9.17, 15) is 0 Å². The van der Waals surface area contributed by atoms with Crippen LogP contribution in [0.5, 0.6) is 11.5 Å². The van der Waals surface area contributed by atoms with Crippen molar-refractivity contribution in [1.29, 1.82) is 0 Å². The van der Waals surface area contributed by atoms with Gasteiger partial charge in [0.2, 0.25) is 12.7 Å². The summed E-state index contributed by atoms with van der Waals surface area (Å²) in [4.78, 5) is 8.89. The molecule has 0 atom stereocenters. The first-order valence-corrected chi connectivity index (χ1v) is 8.57. The fraction of sp³-hybridized carbons (Fsp3) is 0.111. The third kappa shape index (κ3) is 3.47. The van der Waals surface area contributed by atoms with Gasteiger partial charge in [0.1, 0.15) is 5.82 Å². The van der Waals surface area contributed by atoms with E-state index < -0.39 is 0 Å². The third-order valence-electron chi connectivity index (χ3n) is 3.70. The van der Waals surface area contributed by atoms with Gasteiger partial charge in [0.05, 0.1) is 15.7 Å². The Hall–Kier alpha value is -2.70. The predicted octanol–water partition coefficient (Wildman–Crippen LogP) is 5.31. The molecule has 0 saturated heterocycles. The zero-order valence-electron chi connectivity index (χ0n) is 13.7. The van der Waals surface area contributed by atoms with Crippen molar-refractivity contribution in [3.8, 4) is 11.5 Å². The highest BCUT2D eigenvalue weighted by Gasteiger charge is 2.14. The van der Waals surface area contributed by atoms with E-state index in [2.05, 4.69) is 20.6 Å². The lowest BCUT2D eigenvalue weighted by Crippen LogP contribution is -2.03. The molecule has 3 aromatic rings. The lowest BCUT2D eigenvalue weighted by molar-refractivity contribution is 0.174. The number of nitrogens with one attached hydrogen (secondary N) is 2. The molecule has 4 rings (SSSR count). The molecule has 0 aliphatic carbocycles. The first-order chi connectivity index (χ1) is 12.6. The summed E-state index contributed by atoms with van der Waals surface area (Å²) in [6, 6.07) is 12.7. The molecule has 0 radical (unpaired) electrons. The van der Waals surface area contributed by atoms with Gasteiger partial charge in [0.25, 0.3) is 0 Å². The van der Waals surface area contributed by atoms with Crippen LogP contribution in [0.25, 0.3) is 0 Å². The van der Waals surface area contributed by atoms with Crippen LogP contribution in [-0.4, -0.2) is 16.8 Å². The van der Waals surface area contributed by atoms with Crippen LogP contribution in [0.4, 0.5) is 23.1 Å². The molecule has 1 aliphatic heterocycles. The van der Waals surface area contributed by atoms with Gasteiger partial charge in [0, 0.05) is 23.5 Å². The maximum absolute atomic E-state index is 6.21. The van der Waals surface area contributed by atoms with Crippen LogP contribution in [-0.2, 0) is 0 Å². The topological polar surface area (TPSA) is 68.3 Å². The Morgan fingerprint density at radius 1 is 0.923 bits per heavy atom. The minimum absolute atomic E-state index is 0.229. The second-order valence-corrected chi connectivity index (χ2v) is 6.45. The molecule has 2 aromatic carbocycles. The standard InChI is InChI=1S/C18H14Cl2N4O2/c1-10-7-16(23-17-12(19)3-2-4-13(17)20)24-18(21-10)22-11-5-6-14-15(8-11)26-9-25-14/h2-8H,9H2,1H3,(H2,21,22,23,24). The van der Waals surface area contributed by atoms with Gasteiger partial charge in [-0.15, -0.1) is 0 Å². The third-order valence-corrected chi connectivity index (χ3v) is 4.33. The molecule has 26 heavy (non-hydrogen) atoms. The SMILES string of the molecule is Cc1cc(Nc2c(Cl)cccc2Cl)nc(Nc2ccc3c(c2)OCO3)n1. The van der Waals surface area contributed by atoms with Crippen molar-refractivity contribution in [3.05, 3.63) is 58.2 Å². The molecule has 0 fully saturated rings. The quantitative estimate of drug-likeness (QED) is 0.631. The maximum Gasteiger partial charge on any atom is 0.231 e. The van der Waals surface area contributed by atoms with Crippen molar-refractivity contribution in [2.45, 2.75) is 6.92 Å². The molecule has 2 heterocycles. The summed E-state index contributed by atoms with van der Waals surface area (Å²) < 4.78 is 10.7. The second-order valence-electron chi connectivity index (χ2n) is 5.63. The van der Waals surface area contributed by atoms with E-state index in [1.54, 1.807) is 18.2 Å². The number of fused-ring (bicyclic) bond motifs is 1. The van der Waals surface area contributed by atoms with E-state index in [4.69, 9.17) is 32.7 Å². The van der Waals surface area contributed by atoms with Gasteiger partial charge in [0.15, 0.2) is 11.5 Å². The monoisotopic (exact) mass is 388 g/mol. The minimum atomic E-state index is 0.229. The van der Waals surface area contributed by atoms with Gasteiger partial charge >= 0.3 is 0 Å². The number of anilines is 4. The summed E-state index contributed by atoms with van der Waals surface area (Å²) in [7, 11) is 0. The molecule has 132 valence electrons. The summed E-state index contributed by atoms with van der Waals surface area (Å²) in [5, 5.41) is 7.34. The molecule has 0 saturated carbocycles. The Labute approximate surface area is 160 Å². The number of benzene rings is 2. The molecule has 1 aliphatic rings. The Bertz CT molecular complexity index is 961. The highest BCUT2D eigenvalue weighted by molar-refractivity contribution is 6.39. The van der Waals surface area contributed by atoms with Crippen LogP contribution < -0.4 is 20.1 Å². The number of para-hydroxylation sites is 1. The van der Waals surface area contributed by atoms with Crippen LogP contribution in [0.1, 0.15) is 5.69 Å². The minimum Gasteiger partial charge on any atom is -0.454 e. The summed E-state index contributed by atoms with van der Waals surface area (Å²) in [5.41, 5.74) is 2.18. The van der Waals surface area contributed by atoms with E-state index in [1.165, 1.54) is 0 Å². The number of aryl methyl sites for hydroxylation is 1. The van der Waals surface area contributed by atoms with Gasteiger partial charge in [-0.3, -0.25) is 0 Å². The molecular weight excluding hydrogens is 375 g/mol. The van der Waals surface area contributed by atoms with Crippen LogP contribution >= 0.6 is 23.2 Å². The Kier molecular flexibility index (Phi) is 4.44. The predicted molar refractivity (Wildman–Crippen MR) is 102 cm³/mol. The van der Waals surface area contributed by atoms with E-state index >= 15 is 0 Å². The van der Waals surface area contributed by atoms with Gasteiger partial charge in [-0.2, -0.15) is 4.98 Å². The van der Waals surface area contributed by atoms with Gasteiger partial charge < -0.3 is 20.1 Å². The van der Waals surface area contributed by atoms with Crippen molar-refractivity contribution in [2.75, 3.05) is 17.4 Å². The summed E-state index contributed by atoms with van der Waals surface area (Å²) in [6.07, 6.45) is 0. The Morgan fingerprint density at radius 2 is 1.69 bits per heavy atom. The van der Waals surface area contributed by atoms with Crippen molar-refractivity contribution in [1.82, 2.24) is 9.97 Å². The molecular formula is C18H14Cl2N4O2. The Balaban J connectivity index is 1.60. The first kappa shape index (κ1) is 16.8. The van der Waals surface area contributed by atoms with Gasteiger partial charge in [-0.25, -0.2) is 4.98 Å². The maximum atomic E-state index is 6.21. The van der Waals surface area contributed by atoms with Crippen molar-refractivity contribution >= 4 is 46.3 Å². The van der Waals surface area contributed by atoms with Crippen molar-refractivity contribution in [2.24, 2.45) is 0 Å². The summed E-state index contributed by atoms with van der Waals surface area (Å²) in [5.74, 6) is 2.42. The molecule has 0 bridgehead atoms. The first-order valence-electron chi connectivity index (χ1n) is 7.82. The number of hydrogen-bond donors (Lipinski definition) is 2. The van der Waals surface area contributed by atoms with Gasteiger partial charge in [-0.1, -0.05) is 29.3 Å². The molecule has 0 unspecified atom stereocenters. The molecule has 0 amide bonds. The van der Waals surface area contributed by atoms with E-state index in [0.717, 1.165) is 17.1 Å². The number of aromatic nitrogens is 2. The molecule has 8 heteroatoms. The van der Waals surface area contributed by atoms with Crippen molar-refractivity contribution < 1.29 is 9.47 Å². The zero-order chi connectivity index (χ0) is 18.1. The number of hydrogen-bond acceptors (Lipinski definition) is 6. The average Bonchev–Trinajstić information content (AvgIpc) is 3.05. The molecule has 1 aromatic heterocycles. The van der Waals surface area contributed by atoms with Crippen LogP contribution in [0.2, 0.25) is 10.0 Å². The van der Waals surface area contributed by atoms with Crippen LogP contribution in [0.3, 0.4) is 0 Å². The van der Waals surface area contributed by atoms with Crippen LogP contribution in [0.15, 0.2) is 42.5 Å². The fourth-order valence-corrected chi connectivity index (χ4v) is 3.03. The molecule has 6 nitrogen and oxygen atoms in total. The largest absolute Gasteiger partial charge is 0.454 e. The number of ether oxygens (including phenoxy) is 2. The fourth-order valence-electron chi connectivity index (χ4n) is 2.54. The molecule has 2 N–H and O–H groups in total. The zero-order valence-corrected chi connectivity index (χ0v) is 15.2. The lowest BCUT2D eigenvalue weighted by Gasteiger charge is -2.12. The highest BCUT2D eigenvalue weighted by atomic mass is 35.5. The number of nitrogens with zero attached hydrogens (tertiary/aromatic N) is 2.